The lowest BCUT2D eigenvalue weighted by atomic mass is 10.0. The van der Waals surface area contributed by atoms with E-state index in [2.05, 4.69) is 6.08 Å². The number of rotatable bonds is 4. The minimum absolute atomic E-state index is 0.320. The lowest BCUT2D eigenvalue weighted by Crippen LogP contribution is -2.15. The maximum Gasteiger partial charge on any atom is 0.0576 e. The van der Waals surface area contributed by atoms with E-state index in [4.69, 9.17) is 10.5 Å². The van der Waals surface area contributed by atoms with Gasteiger partial charge in [0.2, 0.25) is 0 Å². The van der Waals surface area contributed by atoms with Gasteiger partial charge in [-0.25, -0.2) is 0 Å². The van der Waals surface area contributed by atoms with Gasteiger partial charge in [0.25, 0.3) is 0 Å². The van der Waals surface area contributed by atoms with E-state index in [9.17, 15) is 0 Å². The summed E-state index contributed by atoms with van der Waals surface area (Å²) in [6.45, 7) is 0.984. The minimum atomic E-state index is 0.320. The van der Waals surface area contributed by atoms with Gasteiger partial charge >= 0.3 is 0 Å². The molecule has 2 nitrogen and oxygen atoms in total. The van der Waals surface area contributed by atoms with Crippen molar-refractivity contribution in [1.29, 1.82) is 0 Å². The third kappa shape index (κ3) is 3.91. The van der Waals surface area contributed by atoms with Gasteiger partial charge in [-0.1, -0.05) is 18.1 Å². The molecule has 2 aliphatic rings. The molecule has 92 valence electrons. The predicted molar refractivity (Wildman–Crippen MR) is 67.4 cm³/mol. The first-order valence-electron chi connectivity index (χ1n) is 6.91. The Kier molecular flexibility index (Phi) is 4.86. The van der Waals surface area contributed by atoms with Crippen molar-refractivity contribution in [2.45, 2.75) is 69.9 Å². The van der Waals surface area contributed by atoms with Crippen molar-refractivity contribution in [2.24, 2.45) is 5.73 Å². The third-order valence-electron chi connectivity index (χ3n) is 3.78. The first-order valence-corrected chi connectivity index (χ1v) is 6.91. The molecular weight excluding hydrogens is 198 g/mol. The molecule has 0 aromatic heterocycles. The molecule has 0 amide bonds. The Hall–Kier alpha value is -0.340. The molecule has 1 saturated heterocycles. The summed E-state index contributed by atoms with van der Waals surface area (Å²) in [6, 6.07) is 0.320. The fourth-order valence-electron chi connectivity index (χ4n) is 2.84. The fraction of sp³-hybridized carbons (Fsp3) is 0.857. The molecule has 2 heteroatoms. The Labute approximate surface area is 99.2 Å². The van der Waals surface area contributed by atoms with E-state index in [-0.39, 0.29) is 0 Å². The minimum Gasteiger partial charge on any atom is -0.378 e. The van der Waals surface area contributed by atoms with Crippen molar-refractivity contribution in [1.82, 2.24) is 0 Å². The van der Waals surface area contributed by atoms with Crippen LogP contribution in [0.15, 0.2) is 11.6 Å². The second-order valence-corrected chi connectivity index (χ2v) is 5.26. The van der Waals surface area contributed by atoms with Crippen molar-refractivity contribution in [3.05, 3.63) is 11.6 Å². The van der Waals surface area contributed by atoms with Crippen LogP contribution >= 0.6 is 0 Å². The first kappa shape index (κ1) is 12.1. The lowest BCUT2D eigenvalue weighted by Gasteiger charge is -2.10. The highest BCUT2D eigenvalue weighted by Crippen LogP contribution is 2.23. The molecule has 1 aliphatic carbocycles. The van der Waals surface area contributed by atoms with E-state index in [1.165, 1.54) is 57.8 Å². The van der Waals surface area contributed by atoms with Crippen LogP contribution in [0, 0.1) is 0 Å². The smallest absolute Gasteiger partial charge is 0.0576 e. The molecule has 0 aromatic rings. The molecule has 0 spiro atoms. The second kappa shape index (κ2) is 6.41. The molecule has 2 atom stereocenters. The van der Waals surface area contributed by atoms with Crippen LogP contribution in [0.3, 0.4) is 0 Å². The summed E-state index contributed by atoms with van der Waals surface area (Å²) in [5.41, 5.74) is 7.62. The van der Waals surface area contributed by atoms with Crippen LogP contribution in [-0.2, 0) is 4.74 Å². The Morgan fingerprint density at radius 3 is 3.00 bits per heavy atom. The topological polar surface area (TPSA) is 35.2 Å². The molecule has 1 aliphatic heterocycles. The number of hydrogen-bond donors (Lipinski definition) is 1. The zero-order chi connectivity index (χ0) is 11.2. The average Bonchev–Trinajstić information content (AvgIpc) is 2.69. The van der Waals surface area contributed by atoms with Gasteiger partial charge < -0.3 is 10.5 Å². The monoisotopic (exact) mass is 223 g/mol. The van der Waals surface area contributed by atoms with Crippen molar-refractivity contribution >= 4 is 0 Å². The SMILES string of the molecule is NC1C=C(CCCC2CCCO2)CCCC1. The van der Waals surface area contributed by atoms with E-state index in [0.717, 1.165) is 6.61 Å². The Bertz CT molecular complexity index is 231. The number of allylic oxidation sites excluding steroid dienone is 1. The first-order chi connectivity index (χ1) is 7.84. The average molecular weight is 223 g/mol. The quantitative estimate of drug-likeness (QED) is 0.743. The van der Waals surface area contributed by atoms with Crippen LogP contribution in [0.25, 0.3) is 0 Å². The summed E-state index contributed by atoms with van der Waals surface area (Å²) in [4.78, 5) is 0. The van der Waals surface area contributed by atoms with Crippen LogP contribution in [0.2, 0.25) is 0 Å². The lowest BCUT2D eigenvalue weighted by molar-refractivity contribution is 0.102. The molecular formula is C14H25NO. The molecule has 1 fully saturated rings. The molecule has 2 unspecified atom stereocenters. The fourth-order valence-corrected chi connectivity index (χ4v) is 2.84. The summed E-state index contributed by atoms with van der Waals surface area (Å²) in [5.74, 6) is 0. The van der Waals surface area contributed by atoms with Gasteiger partial charge in [-0.15, -0.1) is 0 Å². The van der Waals surface area contributed by atoms with Gasteiger partial charge in [-0.05, 0) is 51.4 Å². The maximum absolute atomic E-state index is 6.02. The van der Waals surface area contributed by atoms with Crippen LogP contribution in [0.5, 0.6) is 0 Å². The highest BCUT2D eigenvalue weighted by Gasteiger charge is 2.15. The van der Waals surface area contributed by atoms with E-state index in [0.29, 0.717) is 12.1 Å². The molecule has 16 heavy (non-hydrogen) atoms. The zero-order valence-electron chi connectivity index (χ0n) is 10.3. The van der Waals surface area contributed by atoms with Gasteiger partial charge in [-0.3, -0.25) is 0 Å². The summed E-state index contributed by atoms with van der Waals surface area (Å²) < 4.78 is 5.64. The van der Waals surface area contributed by atoms with Crippen molar-refractivity contribution in [3.63, 3.8) is 0 Å². The highest BCUT2D eigenvalue weighted by molar-refractivity contribution is 5.08. The van der Waals surface area contributed by atoms with Crippen LogP contribution in [0.4, 0.5) is 0 Å². The Balaban J connectivity index is 1.67. The molecule has 1 heterocycles. The van der Waals surface area contributed by atoms with Crippen LogP contribution in [0.1, 0.15) is 57.8 Å². The molecule has 2 rings (SSSR count). The predicted octanol–water partition coefficient (Wildman–Crippen LogP) is 3.16. The summed E-state index contributed by atoms with van der Waals surface area (Å²) >= 11 is 0. The molecule has 2 N–H and O–H groups in total. The van der Waals surface area contributed by atoms with Gasteiger partial charge in [0.15, 0.2) is 0 Å². The van der Waals surface area contributed by atoms with Gasteiger partial charge in [0.05, 0.1) is 6.10 Å². The second-order valence-electron chi connectivity index (χ2n) is 5.26. The van der Waals surface area contributed by atoms with Gasteiger partial charge in [0.1, 0.15) is 0 Å². The Morgan fingerprint density at radius 1 is 1.25 bits per heavy atom. The summed E-state index contributed by atoms with van der Waals surface area (Å²) in [7, 11) is 0. The van der Waals surface area contributed by atoms with Crippen LogP contribution < -0.4 is 5.73 Å². The van der Waals surface area contributed by atoms with E-state index >= 15 is 0 Å². The third-order valence-corrected chi connectivity index (χ3v) is 3.78. The highest BCUT2D eigenvalue weighted by atomic mass is 16.5. The zero-order valence-corrected chi connectivity index (χ0v) is 10.3. The van der Waals surface area contributed by atoms with Crippen molar-refractivity contribution < 1.29 is 4.74 Å². The number of nitrogens with two attached hydrogens (primary N) is 1. The van der Waals surface area contributed by atoms with E-state index in [1.54, 1.807) is 5.57 Å². The molecule has 0 aromatic carbocycles. The van der Waals surface area contributed by atoms with Crippen LogP contribution in [-0.4, -0.2) is 18.8 Å². The van der Waals surface area contributed by atoms with Crippen molar-refractivity contribution in [2.75, 3.05) is 6.61 Å². The largest absolute Gasteiger partial charge is 0.378 e. The molecule has 0 saturated carbocycles. The summed E-state index contributed by atoms with van der Waals surface area (Å²) in [6.07, 6.45) is 14.3. The number of hydrogen-bond acceptors (Lipinski definition) is 2. The number of ether oxygens (including phenoxy) is 1. The Morgan fingerprint density at radius 2 is 2.19 bits per heavy atom. The van der Waals surface area contributed by atoms with Gasteiger partial charge in [0, 0.05) is 12.6 Å². The van der Waals surface area contributed by atoms with Gasteiger partial charge in [-0.2, -0.15) is 0 Å². The summed E-state index contributed by atoms with van der Waals surface area (Å²) in [5, 5.41) is 0. The molecule has 0 radical (unpaired) electrons. The van der Waals surface area contributed by atoms with E-state index in [1.807, 2.05) is 0 Å². The normalized spacial score (nSPS) is 31.2. The van der Waals surface area contributed by atoms with Crippen molar-refractivity contribution in [3.8, 4) is 0 Å². The van der Waals surface area contributed by atoms with E-state index < -0.39 is 0 Å². The molecule has 0 bridgehead atoms. The maximum atomic E-state index is 6.02. The standard InChI is InChI=1S/C14H25NO/c15-13-7-2-1-5-12(11-13)6-3-8-14-9-4-10-16-14/h11,13-14H,1-10,15H2.